The number of hydrogen-bond acceptors (Lipinski definition) is 3. The third-order valence-electron chi connectivity index (χ3n) is 3.41. The van der Waals surface area contributed by atoms with Crippen molar-refractivity contribution in [3.05, 3.63) is 48.3 Å². The molecule has 0 aliphatic carbocycles. The molecule has 19 heavy (non-hydrogen) atoms. The Morgan fingerprint density at radius 2 is 1.79 bits per heavy atom. The number of aromatic nitrogens is 2. The molecule has 0 spiro atoms. The minimum absolute atomic E-state index is 0.326. The van der Waals surface area contributed by atoms with Crippen molar-refractivity contribution in [1.82, 2.24) is 9.97 Å². The molecule has 3 heteroatoms. The van der Waals surface area contributed by atoms with Gasteiger partial charge in [-0.15, -0.1) is 0 Å². The SMILES string of the molecule is CC[C@@H](O)Cc1ccc2ccc3cccnc3c2n1. The first kappa shape index (κ1) is 12.1. The quantitative estimate of drug-likeness (QED) is 0.728. The van der Waals surface area contributed by atoms with Crippen LogP contribution in [0.4, 0.5) is 0 Å². The summed E-state index contributed by atoms with van der Waals surface area (Å²) in [6, 6.07) is 12.1. The van der Waals surface area contributed by atoms with Crippen LogP contribution in [0.25, 0.3) is 21.8 Å². The van der Waals surface area contributed by atoms with E-state index < -0.39 is 0 Å². The first-order valence-corrected chi connectivity index (χ1v) is 6.59. The summed E-state index contributed by atoms with van der Waals surface area (Å²) in [6.07, 6.45) is 2.80. The van der Waals surface area contributed by atoms with Crippen LogP contribution in [-0.2, 0) is 6.42 Å². The van der Waals surface area contributed by atoms with E-state index >= 15 is 0 Å². The Balaban J connectivity index is 2.17. The zero-order valence-electron chi connectivity index (χ0n) is 10.9. The number of aliphatic hydroxyl groups is 1. The van der Waals surface area contributed by atoms with Crippen LogP contribution in [0.3, 0.4) is 0 Å². The number of aliphatic hydroxyl groups excluding tert-OH is 1. The fourth-order valence-corrected chi connectivity index (χ4v) is 2.26. The van der Waals surface area contributed by atoms with E-state index in [4.69, 9.17) is 0 Å². The Bertz CT molecular complexity index is 724. The number of benzene rings is 1. The zero-order valence-corrected chi connectivity index (χ0v) is 10.9. The van der Waals surface area contributed by atoms with Crippen LogP contribution in [-0.4, -0.2) is 21.2 Å². The molecule has 0 saturated carbocycles. The highest BCUT2D eigenvalue weighted by Crippen LogP contribution is 2.22. The van der Waals surface area contributed by atoms with Crippen LogP contribution in [0.15, 0.2) is 42.6 Å². The molecule has 1 atom stereocenters. The highest BCUT2D eigenvalue weighted by atomic mass is 16.3. The van der Waals surface area contributed by atoms with Gasteiger partial charge in [-0.3, -0.25) is 9.97 Å². The number of hydrogen-bond donors (Lipinski definition) is 1. The summed E-state index contributed by atoms with van der Waals surface area (Å²) in [5, 5.41) is 11.9. The summed E-state index contributed by atoms with van der Waals surface area (Å²) in [7, 11) is 0. The van der Waals surface area contributed by atoms with Gasteiger partial charge in [0.1, 0.15) is 0 Å². The highest BCUT2D eigenvalue weighted by Gasteiger charge is 2.07. The number of rotatable bonds is 3. The van der Waals surface area contributed by atoms with Gasteiger partial charge in [0.15, 0.2) is 0 Å². The van der Waals surface area contributed by atoms with Gasteiger partial charge < -0.3 is 5.11 Å². The van der Waals surface area contributed by atoms with Crippen molar-refractivity contribution in [1.29, 1.82) is 0 Å². The van der Waals surface area contributed by atoms with Crippen LogP contribution in [0.5, 0.6) is 0 Å². The predicted octanol–water partition coefficient (Wildman–Crippen LogP) is 3.10. The van der Waals surface area contributed by atoms with Crippen molar-refractivity contribution in [3.8, 4) is 0 Å². The van der Waals surface area contributed by atoms with Crippen molar-refractivity contribution >= 4 is 21.8 Å². The van der Waals surface area contributed by atoms with Gasteiger partial charge >= 0.3 is 0 Å². The Morgan fingerprint density at radius 3 is 2.58 bits per heavy atom. The summed E-state index contributed by atoms with van der Waals surface area (Å²) < 4.78 is 0. The lowest BCUT2D eigenvalue weighted by molar-refractivity contribution is 0.169. The molecule has 2 heterocycles. The average molecular weight is 252 g/mol. The molecule has 0 saturated heterocycles. The van der Waals surface area contributed by atoms with Crippen LogP contribution in [0.1, 0.15) is 19.0 Å². The molecule has 3 aromatic rings. The standard InChI is InChI=1S/C16H16N2O/c1-2-14(19)10-13-8-7-12-6-5-11-4-3-9-17-15(11)16(12)18-13/h3-9,14,19H,2,10H2,1H3/t14-/m1/s1. The summed E-state index contributed by atoms with van der Waals surface area (Å²) in [4.78, 5) is 9.09. The molecule has 0 aliphatic heterocycles. The van der Waals surface area contributed by atoms with Crippen molar-refractivity contribution in [3.63, 3.8) is 0 Å². The predicted molar refractivity (Wildman–Crippen MR) is 77.0 cm³/mol. The molecule has 3 nitrogen and oxygen atoms in total. The van der Waals surface area contributed by atoms with Crippen LogP contribution >= 0.6 is 0 Å². The van der Waals surface area contributed by atoms with Gasteiger partial charge in [0, 0.05) is 29.1 Å². The first-order valence-electron chi connectivity index (χ1n) is 6.59. The van der Waals surface area contributed by atoms with E-state index in [-0.39, 0.29) is 6.10 Å². The molecule has 2 aromatic heterocycles. The van der Waals surface area contributed by atoms with Gasteiger partial charge in [-0.2, -0.15) is 0 Å². The van der Waals surface area contributed by atoms with Crippen LogP contribution < -0.4 is 0 Å². The van der Waals surface area contributed by atoms with E-state index in [2.05, 4.69) is 22.1 Å². The second-order valence-electron chi connectivity index (χ2n) is 4.78. The second-order valence-corrected chi connectivity index (χ2v) is 4.78. The van der Waals surface area contributed by atoms with E-state index in [0.717, 1.165) is 33.9 Å². The normalized spacial score (nSPS) is 12.9. The van der Waals surface area contributed by atoms with Gasteiger partial charge in [-0.05, 0) is 18.6 Å². The monoisotopic (exact) mass is 252 g/mol. The smallest absolute Gasteiger partial charge is 0.0967 e. The minimum atomic E-state index is -0.326. The zero-order chi connectivity index (χ0) is 13.2. The number of pyridine rings is 2. The summed E-state index contributed by atoms with van der Waals surface area (Å²) in [5.74, 6) is 0. The maximum Gasteiger partial charge on any atom is 0.0967 e. The number of nitrogens with zero attached hydrogens (tertiary/aromatic N) is 2. The van der Waals surface area contributed by atoms with E-state index in [1.54, 1.807) is 6.20 Å². The van der Waals surface area contributed by atoms with E-state index in [9.17, 15) is 5.11 Å². The Morgan fingerprint density at radius 1 is 1.05 bits per heavy atom. The van der Waals surface area contributed by atoms with Crippen LogP contribution in [0, 0.1) is 0 Å². The highest BCUT2D eigenvalue weighted by molar-refractivity contribution is 6.02. The lowest BCUT2D eigenvalue weighted by Gasteiger charge is -2.08. The van der Waals surface area contributed by atoms with E-state index in [1.165, 1.54) is 0 Å². The Kier molecular flexibility index (Phi) is 3.13. The topological polar surface area (TPSA) is 46.0 Å². The molecule has 0 fully saturated rings. The third-order valence-corrected chi connectivity index (χ3v) is 3.41. The van der Waals surface area contributed by atoms with E-state index in [1.807, 2.05) is 31.2 Å². The molecular weight excluding hydrogens is 236 g/mol. The van der Waals surface area contributed by atoms with Crippen LogP contribution in [0.2, 0.25) is 0 Å². The average Bonchev–Trinajstić information content (AvgIpc) is 2.47. The summed E-state index contributed by atoms with van der Waals surface area (Å²) in [5.41, 5.74) is 2.76. The van der Waals surface area contributed by atoms with Crippen molar-refractivity contribution in [2.24, 2.45) is 0 Å². The largest absolute Gasteiger partial charge is 0.393 e. The second kappa shape index (κ2) is 4.94. The Labute approximate surface area is 111 Å². The molecule has 0 aliphatic rings. The molecule has 3 rings (SSSR count). The van der Waals surface area contributed by atoms with Gasteiger partial charge in [0.25, 0.3) is 0 Å². The molecule has 1 aromatic carbocycles. The molecule has 0 unspecified atom stereocenters. The molecule has 96 valence electrons. The number of fused-ring (bicyclic) bond motifs is 3. The van der Waals surface area contributed by atoms with Crippen molar-refractivity contribution < 1.29 is 5.11 Å². The lowest BCUT2D eigenvalue weighted by Crippen LogP contribution is -2.09. The lowest BCUT2D eigenvalue weighted by atomic mass is 10.1. The summed E-state index contributed by atoms with van der Waals surface area (Å²) in [6.45, 7) is 1.97. The maximum absolute atomic E-state index is 9.74. The Hall–Kier alpha value is -2.00. The molecular formula is C16H16N2O. The molecule has 0 radical (unpaired) electrons. The van der Waals surface area contributed by atoms with Crippen molar-refractivity contribution in [2.45, 2.75) is 25.9 Å². The third kappa shape index (κ3) is 2.29. The summed E-state index contributed by atoms with van der Waals surface area (Å²) >= 11 is 0. The fraction of sp³-hybridized carbons (Fsp3) is 0.250. The van der Waals surface area contributed by atoms with Gasteiger partial charge in [0.05, 0.1) is 17.1 Å². The van der Waals surface area contributed by atoms with Gasteiger partial charge in [-0.25, -0.2) is 0 Å². The molecule has 1 N–H and O–H groups in total. The molecule has 0 bridgehead atoms. The first-order chi connectivity index (χ1) is 9.28. The van der Waals surface area contributed by atoms with E-state index in [0.29, 0.717) is 6.42 Å². The maximum atomic E-state index is 9.74. The van der Waals surface area contributed by atoms with Gasteiger partial charge in [-0.1, -0.05) is 31.2 Å². The molecule has 0 amide bonds. The van der Waals surface area contributed by atoms with Crippen molar-refractivity contribution in [2.75, 3.05) is 0 Å². The minimum Gasteiger partial charge on any atom is -0.393 e. The fourth-order valence-electron chi connectivity index (χ4n) is 2.26. The van der Waals surface area contributed by atoms with Gasteiger partial charge in [0.2, 0.25) is 0 Å².